The first-order valence-corrected chi connectivity index (χ1v) is 5.79. The van der Waals surface area contributed by atoms with Crippen LogP contribution in [0.25, 0.3) is 0 Å². The summed E-state index contributed by atoms with van der Waals surface area (Å²) < 4.78 is 0. The number of hydrogen-bond donors (Lipinski definition) is 2. The number of amides is 2. The monoisotopic (exact) mass is 214 g/mol. The average molecular weight is 214 g/mol. The van der Waals surface area contributed by atoms with Crippen LogP contribution in [0.3, 0.4) is 0 Å². The Balaban J connectivity index is 3.77. The van der Waals surface area contributed by atoms with Gasteiger partial charge in [0.2, 0.25) is 0 Å². The molecular formula is C12H26N2O. The van der Waals surface area contributed by atoms with Crippen LogP contribution < -0.4 is 10.6 Å². The fourth-order valence-corrected chi connectivity index (χ4v) is 1.26. The van der Waals surface area contributed by atoms with E-state index in [1.807, 2.05) is 27.7 Å². The van der Waals surface area contributed by atoms with Gasteiger partial charge in [0.1, 0.15) is 0 Å². The predicted molar refractivity (Wildman–Crippen MR) is 65.0 cm³/mol. The van der Waals surface area contributed by atoms with Crippen molar-refractivity contribution in [1.29, 1.82) is 0 Å². The Labute approximate surface area is 94.0 Å². The lowest BCUT2D eigenvalue weighted by atomic mass is 10.0. The van der Waals surface area contributed by atoms with Gasteiger partial charge >= 0.3 is 6.03 Å². The van der Waals surface area contributed by atoms with E-state index in [1.165, 1.54) is 0 Å². The molecule has 1 atom stereocenters. The Kier molecular flexibility index (Phi) is 5.69. The minimum atomic E-state index is -0.165. The zero-order chi connectivity index (χ0) is 12.1. The molecule has 0 aromatic heterocycles. The maximum absolute atomic E-state index is 11.5. The fraction of sp³-hybridized carbons (Fsp3) is 0.917. The van der Waals surface area contributed by atoms with E-state index in [1.54, 1.807) is 0 Å². The first-order valence-electron chi connectivity index (χ1n) is 5.79. The molecule has 0 bridgehead atoms. The molecule has 0 rings (SSSR count). The van der Waals surface area contributed by atoms with Crippen molar-refractivity contribution >= 4 is 6.03 Å². The van der Waals surface area contributed by atoms with Crippen molar-refractivity contribution in [3.05, 3.63) is 0 Å². The molecule has 1 unspecified atom stereocenters. The molecule has 3 heteroatoms. The molecule has 0 radical (unpaired) electrons. The summed E-state index contributed by atoms with van der Waals surface area (Å²) in [5.41, 5.74) is -0.165. The second-order valence-electron chi connectivity index (χ2n) is 5.72. The maximum Gasteiger partial charge on any atom is 0.315 e. The molecule has 0 aromatic carbocycles. The lowest BCUT2D eigenvalue weighted by Gasteiger charge is -2.23. The molecule has 0 heterocycles. The molecule has 2 N–H and O–H groups in total. The van der Waals surface area contributed by atoms with Crippen LogP contribution in [-0.4, -0.2) is 17.6 Å². The predicted octanol–water partition coefficient (Wildman–Crippen LogP) is 2.91. The van der Waals surface area contributed by atoms with Crippen LogP contribution in [-0.2, 0) is 0 Å². The molecule has 0 saturated heterocycles. The van der Waals surface area contributed by atoms with Crippen LogP contribution >= 0.6 is 0 Å². The second-order valence-corrected chi connectivity index (χ2v) is 5.72. The van der Waals surface area contributed by atoms with Gasteiger partial charge in [0.15, 0.2) is 0 Å². The van der Waals surface area contributed by atoms with Crippen molar-refractivity contribution in [2.75, 3.05) is 0 Å². The fourth-order valence-electron chi connectivity index (χ4n) is 1.26. The quantitative estimate of drug-likeness (QED) is 0.742. The molecule has 90 valence electrons. The normalized spacial score (nSPS) is 13.8. The van der Waals surface area contributed by atoms with E-state index in [9.17, 15) is 4.79 Å². The van der Waals surface area contributed by atoms with Gasteiger partial charge in [-0.25, -0.2) is 4.79 Å². The number of nitrogens with one attached hydrogen (secondary N) is 2. The SMILES string of the molecule is CC(C)CCC(C)NC(=O)NC(C)(C)C. The molecule has 0 aromatic rings. The topological polar surface area (TPSA) is 41.1 Å². The van der Waals surface area contributed by atoms with Gasteiger partial charge in [-0.15, -0.1) is 0 Å². The summed E-state index contributed by atoms with van der Waals surface area (Å²) in [6, 6.07) is 0.175. The highest BCUT2D eigenvalue weighted by Gasteiger charge is 2.14. The molecule has 0 spiro atoms. The Morgan fingerprint density at radius 3 is 2.07 bits per heavy atom. The summed E-state index contributed by atoms with van der Waals surface area (Å²) in [5, 5.41) is 5.83. The summed E-state index contributed by atoms with van der Waals surface area (Å²) in [5.74, 6) is 0.694. The van der Waals surface area contributed by atoms with Crippen molar-refractivity contribution in [3.8, 4) is 0 Å². The number of carbonyl (C=O) groups is 1. The van der Waals surface area contributed by atoms with E-state index in [2.05, 4.69) is 24.5 Å². The molecule has 3 nitrogen and oxygen atoms in total. The number of urea groups is 1. The van der Waals surface area contributed by atoms with Crippen molar-refractivity contribution in [2.24, 2.45) is 5.92 Å². The Hall–Kier alpha value is -0.730. The highest BCUT2D eigenvalue weighted by molar-refractivity contribution is 5.74. The van der Waals surface area contributed by atoms with Crippen molar-refractivity contribution in [2.45, 2.75) is 66.0 Å². The Morgan fingerprint density at radius 1 is 1.13 bits per heavy atom. The van der Waals surface area contributed by atoms with E-state index in [4.69, 9.17) is 0 Å². The lowest BCUT2D eigenvalue weighted by molar-refractivity contribution is 0.227. The molecule has 0 fully saturated rings. The van der Waals surface area contributed by atoms with Gasteiger partial charge in [0.05, 0.1) is 0 Å². The Bertz CT molecular complexity index is 194. The second kappa shape index (κ2) is 5.99. The van der Waals surface area contributed by atoms with Crippen LogP contribution in [0, 0.1) is 5.92 Å². The number of hydrogen-bond acceptors (Lipinski definition) is 1. The summed E-state index contributed by atoms with van der Waals surface area (Å²) in [7, 11) is 0. The third-order valence-electron chi connectivity index (χ3n) is 2.04. The summed E-state index contributed by atoms with van der Waals surface area (Å²) in [4.78, 5) is 11.5. The zero-order valence-electron chi connectivity index (χ0n) is 11.0. The Morgan fingerprint density at radius 2 is 1.67 bits per heavy atom. The van der Waals surface area contributed by atoms with Crippen LogP contribution in [0.2, 0.25) is 0 Å². The van der Waals surface area contributed by atoms with Crippen LogP contribution in [0.15, 0.2) is 0 Å². The third kappa shape index (κ3) is 9.57. The summed E-state index contributed by atoms with van der Waals surface area (Å²) in [6.07, 6.45) is 2.19. The van der Waals surface area contributed by atoms with Gasteiger partial charge in [0, 0.05) is 11.6 Å². The molecule has 0 aliphatic heterocycles. The molecule has 0 saturated carbocycles. The van der Waals surface area contributed by atoms with E-state index in [0.717, 1.165) is 12.8 Å². The maximum atomic E-state index is 11.5. The third-order valence-corrected chi connectivity index (χ3v) is 2.04. The number of carbonyl (C=O) groups excluding carboxylic acids is 1. The smallest absolute Gasteiger partial charge is 0.315 e. The average Bonchev–Trinajstić information content (AvgIpc) is 1.96. The summed E-state index contributed by atoms with van der Waals surface area (Å²) >= 11 is 0. The number of rotatable bonds is 4. The highest BCUT2D eigenvalue weighted by Crippen LogP contribution is 2.06. The van der Waals surface area contributed by atoms with Crippen LogP contribution in [0.4, 0.5) is 4.79 Å². The van der Waals surface area contributed by atoms with Crippen LogP contribution in [0.1, 0.15) is 54.4 Å². The van der Waals surface area contributed by atoms with Gasteiger partial charge < -0.3 is 10.6 Å². The van der Waals surface area contributed by atoms with Gasteiger partial charge in [0.25, 0.3) is 0 Å². The lowest BCUT2D eigenvalue weighted by Crippen LogP contribution is -2.48. The minimum Gasteiger partial charge on any atom is -0.336 e. The molecular weight excluding hydrogens is 188 g/mol. The van der Waals surface area contributed by atoms with E-state index in [0.29, 0.717) is 5.92 Å². The molecule has 0 aliphatic carbocycles. The first-order chi connectivity index (χ1) is 6.70. The molecule has 15 heavy (non-hydrogen) atoms. The van der Waals surface area contributed by atoms with Crippen molar-refractivity contribution in [1.82, 2.24) is 10.6 Å². The van der Waals surface area contributed by atoms with Crippen molar-refractivity contribution < 1.29 is 4.79 Å². The molecule has 2 amide bonds. The first kappa shape index (κ1) is 14.3. The van der Waals surface area contributed by atoms with Gasteiger partial charge in [-0.3, -0.25) is 0 Å². The highest BCUT2D eigenvalue weighted by atomic mass is 16.2. The van der Waals surface area contributed by atoms with Gasteiger partial charge in [-0.05, 0) is 46.5 Å². The van der Waals surface area contributed by atoms with Crippen molar-refractivity contribution in [3.63, 3.8) is 0 Å². The molecule has 0 aliphatic rings. The van der Waals surface area contributed by atoms with Gasteiger partial charge in [-0.1, -0.05) is 13.8 Å². The van der Waals surface area contributed by atoms with E-state index >= 15 is 0 Å². The standard InChI is InChI=1S/C12H26N2O/c1-9(2)7-8-10(3)13-11(15)14-12(4,5)6/h9-10H,7-8H2,1-6H3,(H2,13,14,15). The zero-order valence-corrected chi connectivity index (χ0v) is 11.0. The van der Waals surface area contributed by atoms with Gasteiger partial charge in [-0.2, -0.15) is 0 Å². The minimum absolute atomic E-state index is 0.0706. The largest absolute Gasteiger partial charge is 0.336 e. The van der Waals surface area contributed by atoms with E-state index < -0.39 is 0 Å². The summed E-state index contributed by atoms with van der Waals surface area (Å²) in [6.45, 7) is 12.4. The van der Waals surface area contributed by atoms with E-state index in [-0.39, 0.29) is 17.6 Å². The van der Waals surface area contributed by atoms with Crippen LogP contribution in [0.5, 0.6) is 0 Å².